The highest BCUT2D eigenvalue weighted by Crippen LogP contribution is 2.21. The molecule has 5 heteroatoms. The normalized spacial score (nSPS) is 13.8. The zero-order valence-electron chi connectivity index (χ0n) is 11.0. The van der Waals surface area contributed by atoms with Gasteiger partial charge in [0.15, 0.2) is 0 Å². The average Bonchev–Trinajstić information content (AvgIpc) is 2.26. The van der Waals surface area contributed by atoms with Gasteiger partial charge in [-0.05, 0) is 37.8 Å². The Kier molecular flexibility index (Phi) is 5.63. The van der Waals surface area contributed by atoms with Crippen LogP contribution in [0.2, 0.25) is 5.02 Å². The number of benzene rings is 1. The van der Waals surface area contributed by atoms with Crippen molar-refractivity contribution >= 4 is 21.6 Å². The molecule has 0 heterocycles. The van der Waals surface area contributed by atoms with Crippen molar-refractivity contribution in [2.45, 2.75) is 44.6 Å². The van der Waals surface area contributed by atoms with Crippen LogP contribution in [0.15, 0.2) is 29.2 Å². The Labute approximate surface area is 115 Å². The van der Waals surface area contributed by atoms with Crippen molar-refractivity contribution in [2.24, 2.45) is 5.92 Å². The summed E-state index contributed by atoms with van der Waals surface area (Å²) < 4.78 is 26.9. The van der Waals surface area contributed by atoms with Gasteiger partial charge in [0.25, 0.3) is 0 Å². The molecular weight excluding hydrogens is 270 g/mol. The van der Waals surface area contributed by atoms with Crippen molar-refractivity contribution in [2.75, 3.05) is 0 Å². The molecule has 0 aromatic heterocycles. The summed E-state index contributed by atoms with van der Waals surface area (Å²) >= 11 is 5.90. The van der Waals surface area contributed by atoms with Crippen LogP contribution in [0.4, 0.5) is 0 Å². The molecular formula is C13H20ClNO2S. The molecule has 3 nitrogen and oxygen atoms in total. The molecule has 0 amide bonds. The van der Waals surface area contributed by atoms with E-state index in [0.29, 0.717) is 5.92 Å². The highest BCUT2D eigenvalue weighted by molar-refractivity contribution is 7.89. The van der Waals surface area contributed by atoms with Gasteiger partial charge in [0.05, 0.1) is 5.02 Å². The lowest BCUT2D eigenvalue weighted by Crippen LogP contribution is -2.32. The Balaban J connectivity index is 2.74. The van der Waals surface area contributed by atoms with E-state index in [0.717, 1.165) is 12.8 Å². The third-order valence-electron chi connectivity index (χ3n) is 2.66. The predicted molar refractivity (Wildman–Crippen MR) is 75.3 cm³/mol. The summed E-state index contributed by atoms with van der Waals surface area (Å²) in [5.74, 6) is 0.567. The molecule has 1 aromatic rings. The highest BCUT2D eigenvalue weighted by Gasteiger charge is 2.19. The SMILES string of the molecule is CC(C)CCC(C)NS(=O)(=O)c1ccccc1Cl. The molecule has 0 fully saturated rings. The van der Waals surface area contributed by atoms with E-state index in [2.05, 4.69) is 18.6 Å². The van der Waals surface area contributed by atoms with Crippen LogP contribution in [-0.2, 0) is 10.0 Å². The van der Waals surface area contributed by atoms with E-state index >= 15 is 0 Å². The smallest absolute Gasteiger partial charge is 0.208 e. The van der Waals surface area contributed by atoms with Crippen LogP contribution >= 0.6 is 11.6 Å². The van der Waals surface area contributed by atoms with Gasteiger partial charge < -0.3 is 0 Å². The fourth-order valence-corrected chi connectivity index (χ4v) is 3.43. The van der Waals surface area contributed by atoms with E-state index in [1.165, 1.54) is 6.07 Å². The molecule has 1 unspecified atom stereocenters. The second-order valence-corrected chi connectivity index (χ2v) is 7.01. The second kappa shape index (κ2) is 6.55. The quantitative estimate of drug-likeness (QED) is 0.872. The molecule has 0 aliphatic heterocycles. The number of rotatable bonds is 6. The topological polar surface area (TPSA) is 46.2 Å². The van der Waals surface area contributed by atoms with Gasteiger partial charge in [-0.3, -0.25) is 0 Å². The first-order valence-electron chi connectivity index (χ1n) is 6.10. The summed E-state index contributed by atoms with van der Waals surface area (Å²) in [6.45, 7) is 6.11. The Morgan fingerprint density at radius 3 is 2.33 bits per heavy atom. The monoisotopic (exact) mass is 289 g/mol. The maximum absolute atomic E-state index is 12.1. The molecule has 18 heavy (non-hydrogen) atoms. The summed E-state index contributed by atoms with van der Waals surface area (Å²) in [5.41, 5.74) is 0. The Morgan fingerprint density at radius 1 is 1.17 bits per heavy atom. The molecule has 1 atom stereocenters. The van der Waals surface area contributed by atoms with E-state index in [4.69, 9.17) is 11.6 Å². The lowest BCUT2D eigenvalue weighted by molar-refractivity contribution is 0.485. The average molecular weight is 290 g/mol. The van der Waals surface area contributed by atoms with Crippen molar-refractivity contribution in [3.05, 3.63) is 29.3 Å². The van der Waals surface area contributed by atoms with Gasteiger partial charge in [0, 0.05) is 6.04 Å². The molecule has 0 saturated heterocycles. The first-order chi connectivity index (χ1) is 8.33. The van der Waals surface area contributed by atoms with Gasteiger partial charge in [-0.15, -0.1) is 0 Å². The van der Waals surface area contributed by atoms with E-state index in [1.807, 2.05) is 6.92 Å². The maximum Gasteiger partial charge on any atom is 0.242 e. The minimum atomic E-state index is -3.52. The molecule has 0 radical (unpaired) electrons. The minimum Gasteiger partial charge on any atom is -0.208 e. The fourth-order valence-electron chi connectivity index (χ4n) is 1.63. The number of sulfonamides is 1. The van der Waals surface area contributed by atoms with Crippen molar-refractivity contribution in [1.82, 2.24) is 4.72 Å². The van der Waals surface area contributed by atoms with E-state index in [-0.39, 0.29) is 16.0 Å². The number of hydrogen-bond acceptors (Lipinski definition) is 2. The van der Waals surface area contributed by atoms with Gasteiger partial charge in [-0.1, -0.05) is 37.6 Å². The van der Waals surface area contributed by atoms with Gasteiger partial charge in [-0.2, -0.15) is 0 Å². The molecule has 1 N–H and O–H groups in total. The summed E-state index contributed by atoms with van der Waals surface area (Å²) in [4.78, 5) is 0.142. The summed E-state index contributed by atoms with van der Waals surface area (Å²) in [5, 5.41) is 0.251. The summed E-state index contributed by atoms with van der Waals surface area (Å²) in [7, 11) is -3.52. The Hall–Kier alpha value is -0.580. The number of hydrogen-bond donors (Lipinski definition) is 1. The van der Waals surface area contributed by atoms with Gasteiger partial charge in [0.2, 0.25) is 10.0 Å². The third kappa shape index (κ3) is 4.59. The first kappa shape index (κ1) is 15.5. The molecule has 0 spiro atoms. The van der Waals surface area contributed by atoms with E-state index in [1.54, 1.807) is 18.2 Å². The lowest BCUT2D eigenvalue weighted by atomic mass is 10.1. The van der Waals surface area contributed by atoms with E-state index in [9.17, 15) is 8.42 Å². The van der Waals surface area contributed by atoms with E-state index < -0.39 is 10.0 Å². The van der Waals surface area contributed by atoms with Crippen molar-refractivity contribution in [3.63, 3.8) is 0 Å². The number of halogens is 1. The molecule has 0 saturated carbocycles. The second-order valence-electron chi connectivity index (χ2n) is 4.92. The maximum atomic E-state index is 12.1. The van der Waals surface area contributed by atoms with Crippen LogP contribution in [0.1, 0.15) is 33.6 Å². The molecule has 0 bridgehead atoms. The first-order valence-corrected chi connectivity index (χ1v) is 7.96. The molecule has 0 aliphatic carbocycles. The van der Waals surface area contributed by atoms with Crippen LogP contribution in [0, 0.1) is 5.92 Å². The highest BCUT2D eigenvalue weighted by atomic mass is 35.5. The van der Waals surface area contributed by atoms with Crippen LogP contribution in [-0.4, -0.2) is 14.5 Å². The van der Waals surface area contributed by atoms with Crippen LogP contribution in [0.5, 0.6) is 0 Å². The largest absolute Gasteiger partial charge is 0.242 e. The van der Waals surface area contributed by atoms with Gasteiger partial charge in [-0.25, -0.2) is 13.1 Å². The van der Waals surface area contributed by atoms with Crippen molar-refractivity contribution in [3.8, 4) is 0 Å². The Bertz CT molecular complexity index is 486. The molecule has 1 aromatic carbocycles. The molecule has 102 valence electrons. The van der Waals surface area contributed by atoms with Crippen molar-refractivity contribution in [1.29, 1.82) is 0 Å². The van der Waals surface area contributed by atoms with Crippen LogP contribution in [0.3, 0.4) is 0 Å². The zero-order chi connectivity index (χ0) is 13.8. The van der Waals surface area contributed by atoms with Crippen LogP contribution in [0.25, 0.3) is 0 Å². The Morgan fingerprint density at radius 2 is 1.78 bits per heavy atom. The standard InChI is InChI=1S/C13H20ClNO2S/c1-10(2)8-9-11(3)15-18(16,17)13-7-5-4-6-12(13)14/h4-7,10-11,15H,8-9H2,1-3H3. The molecule has 0 aliphatic rings. The lowest BCUT2D eigenvalue weighted by Gasteiger charge is -2.15. The summed E-state index contributed by atoms with van der Waals surface area (Å²) in [6.07, 6.45) is 1.81. The van der Waals surface area contributed by atoms with Crippen LogP contribution < -0.4 is 4.72 Å². The molecule has 1 rings (SSSR count). The van der Waals surface area contributed by atoms with Gasteiger partial charge in [0.1, 0.15) is 4.90 Å². The number of nitrogens with one attached hydrogen (secondary N) is 1. The predicted octanol–water partition coefficient (Wildman–Crippen LogP) is 3.44. The third-order valence-corrected chi connectivity index (χ3v) is 4.75. The van der Waals surface area contributed by atoms with Gasteiger partial charge >= 0.3 is 0 Å². The minimum absolute atomic E-state index is 0.0892. The summed E-state index contributed by atoms with van der Waals surface area (Å²) in [6, 6.07) is 6.38. The zero-order valence-corrected chi connectivity index (χ0v) is 12.6. The fraction of sp³-hybridized carbons (Fsp3) is 0.538. The van der Waals surface area contributed by atoms with Crippen molar-refractivity contribution < 1.29 is 8.42 Å².